The molecule has 2 amide bonds. The Labute approximate surface area is 145 Å². The third kappa shape index (κ3) is 5.55. The number of hydrogen-bond donors (Lipinski definition) is 1. The highest BCUT2D eigenvalue weighted by Crippen LogP contribution is 2.18. The van der Waals surface area contributed by atoms with Crippen LogP contribution < -0.4 is 10.1 Å². The maximum absolute atomic E-state index is 12.6. The molecule has 0 aromatic heterocycles. The van der Waals surface area contributed by atoms with Gasteiger partial charge in [0, 0.05) is 13.6 Å². The zero-order valence-electron chi connectivity index (χ0n) is 15.5. The first kappa shape index (κ1) is 20.0. The smallest absolute Gasteiger partial charge is 0.255 e. The molecule has 0 bridgehead atoms. The first-order chi connectivity index (χ1) is 11.4. The van der Waals surface area contributed by atoms with Gasteiger partial charge in [0.15, 0.2) is 0 Å². The summed E-state index contributed by atoms with van der Waals surface area (Å²) in [7, 11) is 1.79. The van der Waals surface area contributed by atoms with Crippen molar-refractivity contribution in [2.24, 2.45) is 5.92 Å². The Balaban J connectivity index is 2.89. The molecule has 5 nitrogen and oxygen atoms in total. The Morgan fingerprint density at radius 1 is 1.21 bits per heavy atom. The fourth-order valence-electron chi connectivity index (χ4n) is 2.41. The van der Waals surface area contributed by atoms with Crippen LogP contribution in [0.3, 0.4) is 0 Å². The van der Waals surface area contributed by atoms with Gasteiger partial charge in [0.1, 0.15) is 11.8 Å². The first-order valence-electron chi connectivity index (χ1n) is 8.70. The maximum atomic E-state index is 12.6. The van der Waals surface area contributed by atoms with E-state index in [2.05, 4.69) is 12.2 Å². The van der Waals surface area contributed by atoms with E-state index in [-0.39, 0.29) is 17.7 Å². The number of hydrogen-bond acceptors (Lipinski definition) is 3. The van der Waals surface area contributed by atoms with Crippen LogP contribution in [0.4, 0.5) is 0 Å². The Kier molecular flexibility index (Phi) is 8.30. The number of rotatable bonds is 9. The molecule has 0 fully saturated rings. The highest BCUT2D eigenvalue weighted by molar-refractivity contribution is 5.99. The molecule has 134 valence electrons. The Morgan fingerprint density at radius 3 is 2.46 bits per heavy atom. The molecule has 0 spiro atoms. The van der Waals surface area contributed by atoms with Crippen molar-refractivity contribution in [1.29, 1.82) is 0 Å². The van der Waals surface area contributed by atoms with Crippen LogP contribution in [0, 0.1) is 5.92 Å². The van der Waals surface area contributed by atoms with E-state index in [1.54, 1.807) is 30.1 Å². The van der Waals surface area contributed by atoms with E-state index in [9.17, 15) is 9.59 Å². The van der Waals surface area contributed by atoms with Crippen LogP contribution >= 0.6 is 0 Å². The van der Waals surface area contributed by atoms with Crippen LogP contribution in [0.15, 0.2) is 24.3 Å². The van der Waals surface area contributed by atoms with Crippen LogP contribution in [0.5, 0.6) is 5.75 Å². The summed E-state index contributed by atoms with van der Waals surface area (Å²) >= 11 is 0. The predicted molar refractivity (Wildman–Crippen MR) is 96.2 cm³/mol. The number of para-hydroxylation sites is 1. The summed E-state index contributed by atoms with van der Waals surface area (Å²) in [4.78, 5) is 27.0. The number of amides is 2. The topological polar surface area (TPSA) is 58.6 Å². The number of carbonyl (C=O) groups excluding carboxylic acids is 2. The van der Waals surface area contributed by atoms with E-state index in [4.69, 9.17) is 4.74 Å². The number of nitrogens with zero attached hydrogens (tertiary/aromatic N) is 1. The van der Waals surface area contributed by atoms with Crippen LogP contribution in [0.25, 0.3) is 0 Å². The number of likely N-dealkylation sites (N-methyl/N-ethyl adjacent to an activating group) is 1. The van der Waals surface area contributed by atoms with E-state index in [0.29, 0.717) is 24.5 Å². The number of carbonyl (C=O) groups is 2. The van der Waals surface area contributed by atoms with Crippen LogP contribution in [0.2, 0.25) is 0 Å². The molecule has 1 aromatic rings. The van der Waals surface area contributed by atoms with Gasteiger partial charge in [0.05, 0.1) is 12.2 Å². The summed E-state index contributed by atoms with van der Waals surface area (Å²) in [5.41, 5.74) is 0.453. The van der Waals surface area contributed by atoms with Gasteiger partial charge in [0.2, 0.25) is 5.91 Å². The van der Waals surface area contributed by atoms with Crippen molar-refractivity contribution in [3.05, 3.63) is 29.8 Å². The average molecular weight is 334 g/mol. The third-order valence-corrected chi connectivity index (χ3v) is 3.87. The highest BCUT2D eigenvalue weighted by atomic mass is 16.5. The van der Waals surface area contributed by atoms with E-state index >= 15 is 0 Å². The fourth-order valence-corrected chi connectivity index (χ4v) is 2.41. The lowest BCUT2D eigenvalue weighted by Gasteiger charge is -2.27. The van der Waals surface area contributed by atoms with Gasteiger partial charge in [-0.15, -0.1) is 0 Å². The monoisotopic (exact) mass is 334 g/mol. The number of ether oxygens (including phenoxy) is 1. The minimum absolute atomic E-state index is 0.00443. The molecule has 0 aliphatic carbocycles. The zero-order valence-corrected chi connectivity index (χ0v) is 15.5. The summed E-state index contributed by atoms with van der Waals surface area (Å²) in [6, 6.07) is 6.54. The first-order valence-corrected chi connectivity index (χ1v) is 8.70. The molecule has 5 heteroatoms. The third-order valence-electron chi connectivity index (χ3n) is 3.87. The molecule has 1 unspecified atom stereocenters. The minimum Gasteiger partial charge on any atom is -0.493 e. The summed E-state index contributed by atoms with van der Waals surface area (Å²) in [6.07, 6.45) is 1.98. The van der Waals surface area contributed by atoms with Crippen molar-refractivity contribution in [2.75, 3.05) is 20.2 Å². The van der Waals surface area contributed by atoms with Gasteiger partial charge in [0.25, 0.3) is 5.91 Å². The van der Waals surface area contributed by atoms with Crippen molar-refractivity contribution < 1.29 is 14.3 Å². The molecule has 1 aromatic carbocycles. The highest BCUT2D eigenvalue weighted by Gasteiger charge is 2.27. The SMILES string of the molecule is CCCCN(C)C(=O)C(NC(=O)c1ccccc1OCC)C(C)C. The molecule has 0 saturated heterocycles. The summed E-state index contributed by atoms with van der Waals surface area (Å²) in [5.74, 6) is 0.201. The van der Waals surface area contributed by atoms with E-state index in [1.807, 2.05) is 26.8 Å². The lowest BCUT2D eigenvalue weighted by molar-refractivity contribution is -0.133. The quantitative estimate of drug-likeness (QED) is 0.755. The standard InChI is InChI=1S/C19H30N2O3/c1-6-8-13-21(5)19(23)17(14(3)4)20-18(22)15-11-9-10-12-16(15)24-7-2/h9-12,14,17H,6-8,13H2,1-5H3,(H,20,22). The summed E-state index contributed by atoms with van der Waals surface area (Å²) in [5, 5.41) is 2.88. The molecule has 1 atom stereocenters. The van der Waals surface area contributed by atoms with Gasteiger partial charge in [-0.05, 0) is 31.4 Å². The largest absolute Gasteiger partial charge is 0.493 e. The predicted octanol–water partition coefficient (Wildman–Crippen LogP) is 3.10. The van der Waals surface area contributed by atoms with Gasteiger partial charge in [-0.3, -0.25) is 9.59 Å². The molecule has 1 N–H and O–H groups in total. The van der Waals surface area contributed by atoms with Crippen molar-refractivity contribution in [1.82, 2.24) is 10.2 Å². The van der Waals surface area contributed by atoms with Crippen LogP contribution in [0.1, 0.15) is 50.9 Å². The number of benzene rings is 1. The van der Waals surface area contributed by atoms with Gasteiger partial charge >= 0.3 is 0 Å². The van der Waals surface area contributed by atoms with E-state index in [1.165, 1.54) is 0 Å². The van der Waals surface area contributed by atoms with Crippen molar-refractivity contribution in [3.63, 3.8) is 0 Å². The number of nitrogens with one attached hydrogen (secondary N) is 1. The fraction of sp³-hybridized carbons (Fsp3) is 0.579. The molecular weight excluding hydrogens is 304 g/mol. The van der Waals surface area contributed by atoms with E-state index in [0.717, 1.165) is 12.8 Å². The Morgan fingerprint density at radius 2 is 1.88 bits per heavy atom. The van der Waals surface area contributed by atoms with Crippen LogP contribution in [-0.2, 0) is 4.79 Å². The normalized spacial score (nSPS) is 11.9. The van der Waals surface area contributed by atoms with Crippen molar-refractivity contribution >= 4 is 11.8 Å². The lowest BCUT2D eigenvalue weighted by atomic mass is 10.0. The maximum Gasteiger partial charge on any atom is 0.255 e. The second-order valence-corrected chi connectivity index (χ2v) is 6.24. The van der Waals surface area contributed by atoms with Crippen molar-refractivity contribution in [3.8, 4) is 5.75 Å². The zero-order chi connectivity index (χ0) is 18.1. The summed E-state index contributed by atoms with van der Waals surface area (Å²) in [6.45, 7) is 9.01. The second kappa shape index (κ2) is 9.96. The minimum atomic E-state index is -0.547. The number of unbranched alkanes of at least 4 members (excludes halogenated alkanes) is 1. The van der Waals surface area contributed by atoms with Crippen LogP contribution in [-0.4, -0.2) is 43.0 Å². The molecule has 0 heterocycles. The van der Waals surface area contributed by atoms with Gasteiger partial charge in [-0.1, -0.05) is 39.3 Å². The average Bonchev–Trinajstić information content (AvgIpc) is 2.57. The lowest BCUT2D eigenvalue weighted by Crippen LogP contribution is -2.50. The molecule has 0 aliphatic heterocycles. The van der Waals surface area contributed by atoms with Gasteiger partial charge in [-0.25, -0.2) is 0 Å². The Bertz CT molecular complexity index is 543. The molecule has 1 rings (SSSR count). The van der Waals surface area contributed by atoms with Gasteiger partial charge in [-0.2, -0.15) is 0 Å². The van der Waals surface area contributed by atoms with Crippen molar-refractivity contribution in [2.45, 2.75) is 46.6 Å². The van der Waals surface area contributed by atoms with Gasteiger partial charge < -0.3 is 15.0 Å². The molecule has 0 saturated carbocycles. The Hall–Kier alpha value is -2.04. The molecule has 24 heavy (non-hydrogen) atoms. The molecule has 0 aliphatic rings. The van der Waals surface area contributed by atoms with E-state index < -0.39 is 6.04 Å². The molecule has 0 radical (unpaired) electrons. The molecular formula is C19H30N2O3. The second-order valence-electron chi connectivity index (χ2n) is 6.24. The summed E-state index contributed by atoms with van der Waals surface area (Å²) < 4.78 is 5.51.